The van der Waals surface area contributed by atoms with Gasteiger partial charge < -0.3 is 37.9 Å². The van der Waals surface area contributed by atoms with Crippen LogP contribution in [-0.2, 0) is 44.3 Å². The van der Waals surface area contributed by atoms with Crippen LogP contribution in [0.3, 0.4) is 0 Å². The minimum atomic E-state index is -1.27. The summed E-state index contributed by atoms with van der Waals surface area (Å²) in [6.07, 6.45) is -4.05. The molecule has 12 aromatic rings. The molecule has 522 valence electrons. The summed E-state index contributed by atoms with van der Waals surface area (Å²) in [6, 6.07) is 67.8. The molecule has 0 aliphatic carbocycles. The van der Waals surface area contributed by atoms with Crippen LogP contribution in [0, 0.1) is 0 Å². The number of hydrogen-bond donors (Lipinski definition) is 0. The summed E-state index contributed by atoms with van der Waals surface area (Å²) in [6.45, 7) is -0.699. The van der Waals surface area contributed by atoms with Gasteiger partial charge in [0, 0.05) is 16.8 Å². The molecule has 14 rings (SSSR count). The average Bonchev–Trinajstić information content (AvgIpc) is 1.62. The molecule has 24 nitrogen and oxygen atoms in total. The van der Waals surface area contributed by atoms with Crippen molar-refractivity contribution < 1.29 is 82.0 Å². The third kappa shape index (κ3) is 16.3. The molecular formula is C78H68N8O16S. The van der Waals surface area contributed by atoms with Crippen LogP contribution in [0.5, 0.6) is 0 Å². The van der Waals surface area contributed by atoms with Gasteiger partial charge in [-0.25, -0.2) is 58.7 Å². The van der Waals surface area contributed by atoms with Crippen molar-refractivity contribution in [3.8, 4) is 0 Å². The highest BCUT2D eigenvalue weighted by molar-refractivity contribution is 8.00. The van der Waals surface area contributed by atoms with Gasteiger partial charge in [-0.1, -0.05) is 182 Å². The van der Waals surface area contributed by atoms with E-state index in [2.05, 4.69) is 29.9 Å². The maximum atomic E-state index is 13.6. The molecule has 0 bridgehead atoms. The molecule has 0 amide bonds. The van der Waals surface area contributed by atoms with Gasteiger partial charge in [0.25, 0.3) is 0 Å². The zero-order valence-corrected chi connectivity index (χ0v) is 55.2. The van der Waals surface area contributed by atoms with Crippen LogP contribution in [0.1, 0.15) is 107 Å². The fraction of sp³-hybridized carbons (Fsp3) is 0.154. The quantitative estimate of drug-likeness (QED) is 0.0189. The number of imidazole rings is 2. The van der Waals surface area contributed by atoms with E-state index in [0.717, 1.165) is 0 Å². The molecule has 4 unspecified atom stereocenters. The lowest BCUT2D eigenvalue weighted by Crippen LogP contribution is -2.41. The highest BCUT2D eigenvalue weighted by Crippen LogP contribution is 2.40. The molecule has 25 heteroatoms. The first kappa shape index (κ1) is 68.8. The first-order chi connectivity index (χ1) is 50.4. The largest absolute Gasteiger partial charge is 0.459 e. The monoisotopic (exact) mass is 1400 g/mol. The maximum absolute atomic E-state index is 13.6. The number of rotatable bonds is 23. The minimum Gasteiger partial charge on any atom is -0.459 e. The number of ether oxygens (including phenoxy) is 8. The van der Waals surface area contributed by atoms with E-state index in [4.69, 9.17) is 37.9 Å². The number of carbonyl (C=O) groups excluding carboxylic acids is 8. The molecule has 2 fully saturated rings. The van der Waals surface area contributed by atoms with Crippen molar-refractivity contribution in [3.63, 3.8) is 0 Å². The summed E-state index contributed by atoms with van der Waals surface area (Å²) in [7, 11) is 0. The molecule has 0 N–H and O–H groups in total. The second kappa shape index (κ2) is 32.5. The first-order valence-corrected chi connectivity index (χ1v) is 33.3. The van der Waals surface area contributed by atoms with Crippen LogP contribution >= 0.6 is 11.8 Å². The van der Waals surface area contributed by atoms with Crippen LogP contribution in [0.25, 0.3) is 22.3 Å². The van der Waals surface area contributed by atoms with Crippen molar-refractivity contribution in [3.05, 3.63) is 318 Å². The molecule has 6 heterocycles. The molecule has 2 aliphatic rings. The van der Waals surface area contributed by atoms with Crippen molar-refractivity contribution >= 4 is 81.5 Å². The number of carbonyl (C=O) groups is 8. The van der Waals surface area contributed by atoms with Crippen molar-refractivity contribution in [1.29, 1.82) is 0 Å². The lowest BCUT2D eigenvalue weighted by Gasteiger charge is -2.25. The molecule has 8 aromatic carbocycles. The van der Waals surface area contributed by atoms with Gasteiger partial charge in [0.15, 0.2) is 59.7 Å². The smallest absolute Gasteiger partial charge is 0.338 e. The third-order valence-corrected chi connectivity index (χ3v) is 17.5. The summed E-state index contributed by atoms with van der Waals surface area (Å²) >= 11 is 1.20. The van der Waals surface area contributed by atoms with E-state index >= 15 is 0 Å². The second-order valence-corrected chi connectivity index (χ2v) is 24.2. The molecule has 4 aromatic heterocycles. The van der Waals surface area contributed by atoms with Gasteiger partial charge in [-0.2, -0.15) is 0 Å². The fourth-order valence-corrected chi connectivity index (χ4v) is 12.3. The molecule has 0 saturated carbocycles. The number of hydrogen-bond acceptors (Lipinski definition) is 23. The van der Waals surface area contributed by atoms with E-state index in [1.165, 1.54) is 41.6 Å². The van der Waals surface area contributed by atoms with E-state index in [1.54, 1.807) is 235 Å². The van der Waals surface area contributed by atoms with Crippen molar-refractivity contribution in [1.82, 2.24) is 39.0 Å². The van der Waals surface area contributed by atoms with Gasteiger partial charge in [-0.15, -0.1) is 0 Å². The van der Waals surface area contributed by atoms with Crippen LogP contribution < -0.4 is 0 Å². The van der Waals surface area contributed by atoms with E-state index in [1.807, 2.05) is 12.1 Å². The fourth-order valence-electron chi connectivity index (χ4n) is 11.4. The Balaban J connectivity index is 0.000000238. The van der Waals surface area contributed by atoms with Crippen LogP contribution in [-0.4, -0.2) is 142 Å². The highest BCUT2D eigenvalue weighted by Gasteiger charge is 2.53. The van der Waals surface area contributed by atoms with E-state index in [-0.39, 0.29) is 70.6 Å². The number of Topliss-reactive ketones (excluding diaryl/α,β-unsaturated/α-hetero) is 2. The number of thioether (sulfide) groups is 1. The molecular weight excluding hydrogens is 1340 g/mol. The summed E-state index contributed by atoms with van der Waals surface area (Å²) in [5, 5.41) is 0.448. The summed E-state index contributed by atoms with van der Waals surface area (Å²) in [4.78, 5) is 133. The number of fused-ring (bicyclic) bond motifs is 2. The second-order valence-electron chi connectivity index (χ2n) is 23.2. The Labute approximate surface area is 597 Å². The Morgan fingerprint density at radius 2 is 0.660 bits per heavy atom. The maximum Gasteiger partial charge on any atom is 0.338 e. The average molecular weight is 1410 g/mol. The molecule has 8 atom stereocenters. The molecule has 2 saturated heterocycles. The van der Waals surface area contributed by atoms with Crippen LogP contribution in [0.2, 0.25) is 0 Å². The number of ketones is 2. The lowest BCUT2D eigenvalue weighted by molar-refractivity contribution is -0.0608. The Bertz CT molecular complexity index is 5000. The molecule has 0 spiro atoms. The Morgan fingerprint density at radius 1 is 0.350 bits per heavy atom. The number of benzene rings is 8. The summed E-state index contributed by atoms with van der Waals surface area (Å²) in [5.41, 5.74) is 4.41. The topological polar surface area (TPSA) is 298 Å². The number of nitrogens with zero attached hydrogens (tertiary/aromatic N) is 8. The zero-order chi connectivity index (χ0) is 71.0. The van der Waals surface area contributed by atoms with Crippen LogP contribution in [0.15, 0.2) is 273 Å². The zero-order valence-electron chi connectivity index (χ0n) is 54.4. The van der Waals surface area contributed by atoms with E-state index in [0.29, 0.717) is 49.7 Å². The summed E-state index contributed by atoms with van der Waals surface area (Å²) < 4.78 is 51.5. The van der Waals surface area contributed by atoms with Gasteiger partial charge in [-0.05, 0) is 72.8 Å². The van der Waals surface area contributed by atoms with Crippen molar-refractivity contribution in [2.75, 3.05) is 19.0 Å². The highest BCUT2D eigenvalue weighted by atomic mass is 32.2. The third-order valence-electron chi connectivity index (χ3n) is 16.5. The van der Waals surface area contributed by atoms with Gasteiger partial charge >= 0.3 is 35.8 Å². The van der Waals surface area contributed by atoms with Crippen molar-refractivity contribution in [2.45, 2.75) is 60.5 Å². The normalized spacial score (nSPS) is 18.1. The first-order valence-electron chi connectivity index (χ1n) is 32.3. The Hall–Kier alpha value is -12.7. The van der Waals surface area contributed by atoms with Crippen molar-refractivity contribution in [2.24, 2.45) is 0 Å². The van der Waals surface area contributed by atoms with E-state index < -0.39 is 84.9 Å². The lowest BCUT2D eigenvalue weighted by atomic mass is 10.1. The van der Waals surface area contributed by atoms with Gasteiger partial charge in [0.2, 0.25) is 0 Å². The molecule has 2 aliphatic heterocycles. The standard InChI is InChI=1S/C39H30N4O8S.C39H30N4O8.4H2/c44-29(25-13-5-1-6-14-25)22-52-35-31-34(40-23-41-35)43(24-42-31)36-33(51-39(47)28-19-11-4-12-20-28)32(50-38(46)27-17-9-3-10-18-27)30(49-36)21-48-37(45)26-15-7-2-8-16-26;44-30(25-13-5-1-6-14-25)21-29-32-35(41-23-40-29)43(24-42-32)36-34(51-39(47)28-19-11-4-12-20-28)33(50-38(46)27-17-9-3-10-18-27)31(49-36)22-48-37(45)26-15-7-2-8-16-26;;;;/h1-20,23-24,30,32-33,36H,21-22H2;1-20,23-24,31,33-34,36H,21-22H2;4*1H/t30?,32-,33-,36?;31?,33-,34-,36?;;;;/m11..../s1. The van der Waals surface area contributed by atoms with Crippen LogP contribution in [0.4, 0.5) is 0 Å². The molecule has 103 heavy (non-hydrogen) atoms. The minimum absolute atomic E-state index is 0. The van der Waals surface area contributed by atoms with E-state index in [9.17, 15) is 38.4 Å². The predicted octanol–water partition coefficient (Wildman–Crippen LogP) is 12.4. The Kier molecular flexibility index (Phi) is 21.7. The summed E-state index contributed by atoms with van der Waals surface area (Å²) in [5.74, 6) is -4.19. The van der Waals surface area contributed by atoms with Gasteiger partial charge in [-0.3, -0.25) is 18.7 Å². The Morgan fingerprint density at radius 3 is 1.04 bits per heavy atom. The van der Waals surface area contributed by atoms with Gasteiger partial charge in [0.05, 0.1) is 63.9 Å². The number of esters is 6. The SMILES string of the molecule is O=C(CSc1ncnc2c1ncn2C1OC(COC(=O)c2ccccc2)[C@@H](OC(=O)c2ccccc2)[C@H]1OC(=O)c1ccccc1)c1ccccc1.O=C(Cc1ncnc2c1ncn2C1OC(COC(=O)c2ccccc2)[C@@H](OC(=O)c2ccccc2)[C@H]1OC(=O)c1ccccc1)c1ccccc1.[HH].[HH].[HH].[HH]. The predicted molar refractivity (Wildman–Crippen MR) is 379 cm³/mol. The molecule has 0 radical (unpaired) electrons. The van der Waals surface area contributed by atoms with Gasteiger partial charge in [0.1, 0.15) is 54.1 Å². The number of aromatic nitrogens is 8.